The van der Waals surface area contributed by atoms with Crippen LogP contribution in [0.5, 0.6) is 0 Å². The van der Waals surface area contributed by atoms with Gasteiger partial charge in [0.25, 0.3) is 0 Å². The van der Waals surface area contributed by atoms with Gasteiger partial charge in [0.2, 0.25) is 0 Å². The van der Waals surface area contributed by atoms with Crippen molar-refractivity contribution in [2.75, 3.05) is 25.0 Å². The van der Waals surface area contributed by atoms with Crippen molar-refractivity contribution in [1.29, 1.82) is 0 Å². The van der Waals surface area contributed by atoms with E-state index in [2.05, 4.69) is 38.2 Å². The summed E-state index contributed by atoms with van der Waals surface area (Å²) >= 11 is 3.39. The highest BCUT2D eigenvalue weighted by Gasteiger charge is 2.19. The fourth-order valence-electron chi connectivity index (χ4n) is 1.75. The van der Waals surface area contributed by atoms with E-state index in [-0.39, 0.29) is 0 Å². The van der Waals surface area contributed by atoms with Gasteiger partial charge in [-0.2, -0.15) is 0 Å². The van der Waals surface area contributed by atoms with Crippen molar-refractivity contribution in [3.8, 4) is 0 Å². The van der Waals surface area contributed by atoms with Crippen LogP contribution in [-0.2, 0) is 0 Å². The summed E-state index contributed by atoms with van der Waals surface area (Å²) in [7, 11) is 2.10. The van der Waals surface area contributed by atoms with E-state index in [4.69, 9.17) is 0 Å². The molecule has 0 amide bonds. The Labute approximate surface area is 92.6 Å². The number of hydrogen-bond acceptors (Lipinski definition) is 3. The largest absolute Gasteiger partial charge is 0.355 e. The molecule has 1 aromatic rings. The van der Waals surface area contributed by atoms with Crippen LogP contribution < -0.4 is 10.2 Å². The molecule has 2 heterocycles. The second kappa shape index (κ2) is 4.28. The van der Waals surface area contributed by atoms with Gasteiger partial charge in [-0.1, -0.05) is 6.07 Å². The third-order valence-electron chi connectivity index (χ3n) is 2.64. The molecule has 4 heteroatoms. The van der Waals surface area contributed by atoms with Gasteiger partial charge in [0.15, 0.2) is 0 Å². The molecule has 1 saturated heterocycles. The number of anilines is 1. The summed E-state index contributed by atoms with van der Waals surface area (Å²) in [5.41, 5.74) is 0. The van der Waals surface area contributed by atoms with Crippen LogP contribution in [0.15, 0.2) is 22.8 Å². The maximum Gasteiger partial charge on any atom is 0.129 e. The second-order valence-corrected chi connectivity index (χ2v) is 4.39. The molecule has 0 aromatic carbocycles. The molecule has 0 bridgehead atoms. The summed E-state index contributed by atoms with van der Waals surface area (Å²) in [6, 6.07) is 6.59. The van der Waals surface area contributed by atoms with E-state index in [0.717, 1.165) is 23.5 Å². The summed E-state index contributed by atoms with van der Waals surface area (Å²) in [4.78, 5) is 6.67. The number of halogens is 1. The highest BCUT2D eigenvalue weighted by atomic mass is 79.9. The van der Waals surface area contributed by atoms with Crippen molar-refractivity contribution in [1.82, 2.24) is 10.3 Å². The van der Waals surface area contributed by atoms with E-state index in [1.54, 1.807) is 0 Å². The third kappa shape index (κ3) is 2.07. The van der Waals surface area contributed by atoms with Gasteiger partial charge in [0, 0.05) is 19.6 Å². The van der Waals surface area contributed by atoms with Crippen LogP contribution in [0.3, 0.4) is 0 Å². The lowest BCUT2D eigenvalue weighted by Crippen LogP contribution is -2.33. The normalized spacial score (nSPS) is 21.1. The molecule has 76 valence electrons. The molecule has 1 aromatic heterocycles. The fourth-order valence-corrected chi connectivity index (χ4v) is 2.09. The maximum atomic E-state index is 4.43. The van der Waals surface area contributed by atoms with E-state index in [0.29, 0.717) is 6.04 Å². The molecule has 0 spiro atoms. The number of aromatic nitrogens is 1. The molecular weight excluding hydrogens is 242 g/mol. The first-order chi connectivity index (χ1) is 6.77. The monoisotopic (exact) mass is 255 g/mol. The topological polar surface area (TPSA) is 28.2 Å². The number of rotatable bonds is 2. The lowest BCUT2D eigenvalue weighted by molar-refractivity contribution is 0.677. The Kier molecular flexibility index (Phi) is 3.03. The minimum Gasteiger partial charge on any atom is -0.355 e. The molecule has 1 N–H and O–H groups in total. The Bertz CT molecular complexity index is 310. The smallest absolute Gasteiger partial charge is 0.129 e. The van der Waals surface area contributed by atoms with Crippen LogP contribution in [0.4, 0.5) is 5.82 Å². The van der Waals surface area contributed by atoms with Crippen molar-refractivity contribution in [2.24, 2.45) is 0 Å². The first-order valence-corrected chi connectivity index (χ1v) is 5.63. The van der Waals surface area contributed by atoms with Gasteiger partial charge < -0.3 is 10.2 Å². The minimum absolute atomic E-state index is 0.580. The van der Waals surface area contributed by atoms with Crippen LogP contribution in [-0.4, -0.2) is 31.2 Å². The van der Waals surface area contributed by atoms with Crippen LogP contribution in [0, 0.1) is 0 Å². The van der Waals surface area contributed by atoms with Crippen LogP contribution in [0.25, 0.3) is 0 Å². The molecule has 1 aliphatic heterocycles. The molecule has 0 aliphatic carbocycles. The standard InChI is InChI=1S/C10H14BrN3/c1-14(8-5-6-12-7-8)10-4-2-3-9(11)13-10/h2-4,8,12H,5-7H2,1H3/t8-/m1/s1. The van der Waals surface area contributed by atoms with Gasteiger partial charge in [0.1, 0.15) is 10.4 Å². The number of pyridine rings is 1. The lowest BCUT2D eigenvalue weighted by Gasteiger charge is -2.24. The molecular formula is C10H14BrN3. The van der Waals surface area contributed by atoms with Crippen molar-refractivity contribution in [3.05, 3.63) is 22.8 Å². The van der Waals surface area contributed by atoms with Crippen LogP contribution >= 0.6 is 15.9 Å². The molecule has 14 heavy (non-hydrogen) atoms. The van der Waals surface area contributed by atoms with Gasteiger partial charge in [0.05, 0.1) is 0 Å². The molecule has 1 fully saturated rings. The van der Waals surface area contributed by atoms with Gasteiger partial charge in [-0.3, -0.25) is 0 Å². The Balaban J connectivity index is 2.13. The van der Waals surface area contributed by atoms with Gasteiger partial charge in [-0.25, -0.2) is 4.98 Å². The average Bonchev–Trinajstić information content (AvgIpc) is 2.69. The van der Waals surface area contributed by atoms with Crippen LogP contribution in [0.2, 0.25) is 0 Å². The summed E-state index contributed by atoms with van der Waals surface area (Å²) in [5, 5.41) is 3.36. The zero-order valence-electron chi connectivity index (χ0n) is 8.20. The predicted molar refractivity (Wildman–Crippen MR) is 61.6 cm³/mol. The van der Waals surface area contributed by atoms with Crippen LogP contribution in [0.1, 0.15) is 6.42 Å². The van der Waals surface area contributed by atoms with E-state index in [1.807, 2.05) is 18.2 Å². The number of likely N-dealkylation sites (N-methyl/N-ethyl adjacent to an activating group) is 1. The predicted octanol–water partition coefficient (Wildman–Crippen LogP) is 1.64. The number of hydrogen-bond donors (Lipinski definition) is 1. The average molecular weight is 256 g/mol. The molecule has 1 atom stereocenters. The molecule has 2 rings (SSSR count). The van der Waals surface area contributed by atoms with Crippen molar-refractivity contribution in [2.45, 2.75) is 12.5 Å². The Morgan fingerprint density at radius 2 is 2.43 bits per heavy atom. The number of nitrogens with one attached hydrogen (secondary N) is 1. The van der Waals surface area contributed by atoms with Crippen molar-refractivity contribution >= 4 is 21.7 Å². The SMILES string of the molecule is CN(c1cccc(Br)n1)[C@@H]1CCNC1. The quantitative estimate of drug-likeness (QED) is 0.815. The van der Waals surface area contributed by atoms with E-state index in [9.17, 15) is 0 Å². The molecule has 1 aliphatic rings. The highest BCUT2D eigenvalue weighted by Crippen LogP contribution is 2.18. The third-order valence-corrected chi connectivity index (χ3v) is 3.09. The van der Waals surface area contributed by atoms with Crippen molar-refractivity contribution < 1.29 is 0 Å². The zero-order valence-corrected chi connectivity index (χ0v) is 9.79. The maximum absolute atomic E-state index is 4.43. The molecule has 0 unspecified atom stereocenters. The highest BCUT2D eigenvalue weighted by molar-refractivity contribution is 9.10. The summed E-state index contributed by atoms with van der Waals surface area (Å²) in [6.45, 7) is 2.17. The molecule has 0 saturated carbocycles. The van der Waals surface area contributed by atoms with E-state index < -0.39 is 0 Å². The van der Waals surface area contributed by atoms with E-state index >= 15 is 0 Å². The van der Waals surface area contributed by atoms with Gasteiger partial charge >= 0.3 is 0 Å². The molecule has 0 radical (unpaired) electrons. The first kappa shape index (κ1) is 9.93. The fraction of sp³-hybridized carbons (Fsp3) is 0.500. The number of nitrogens with zero attached hydrogens (tertiary/aromatic N) is 2. The summed E-state index contributed by atoms with van der Waals surface area (Å²) in [6.07, 6.45) is 1.20. The molecule has 3 nitrogen and oxygen atoms in total. The van der Waals surface area contributed by atoms with Gasteiger partial charge in [-0.05, 0) is 41.0 Å². The second-order valence-electron chi connectivity index (χ2n) is 3.58. The summed E-state index contributed by atoms with van der Waals surface area (Å²) < 4.78 is 0.896. The zero-order chi connectivity index (χ0) is 9.97. The van der Waals surface area contributed by atoms with Crippen molar-refractivity contribution in [3.63, 3.8) is 0 Å². The Morgan fingerprint density at radius 1 is 1.57 bits per heavy atom. The Hall–Kier alpha value is -0.610. The minimum atomic E-state index is 0.580. The first-order valence-electron chi connectivity index (χ1n) is 4.83. The Morgan fingerprint density at radius 3 is 3.07 bits per heavy atom. The van der Waals surface area contributed by atoms with E-state index in [1.165, 1.54) is 6.42 Å². The lowest BCUT2D eigenvalue weighted by atomic mass is 10.2. The van der Waals surface area contributed by atoms with Gasteiger partial charge in [-0.15, -0.1) is 0 Å². The summed E-state index contributed by atoms with van der Waals surface area (Å²) in [5.74, 6) is 1.04.